The van der Waals surface area contributed by atoms with Crippen molar-refractivity contribution in [3.05, 3.63) is 0 Å². The average molecular weight is 215 g/mol. The zero-order valence-electron chi connectivity index (χ0n) is 10.8. The Kier molecular flexibility index (Phi) is 11.9. The Morgan fingerprint density at radius 3 is 2.40 bits per heavy atom. The molecule has 0 bridgehead atoms. The van der Waals surface area contributed by atoms with Crippen molar-refractivity contribution in [3.63, 3.8) is 0 Å². The minimum Gasteiger partial charge on any atom is -0.377 e. The smallest absolute Gasteiger partial charge is 0.0699 e. The second-order valence-electron chi connectivity index (χ2n) is 4.19. The van der Waals surface area contributed by atoms with Crippen LogP contribution in [0.2, 0.25) is 0 Å². The molecule has 2 nitrogen and oxygen atoms in total. The van der Waals surface area contributed by atoms with Crippen LogP contribution < -0.4 is 5.32 Å². The lowest BCUT2D eigenvalue weighted by Crippen LogP contribution is -2.30. The van der Waals surface area contributed by atoms with E-state index < -0.39 is 0 Å². The molecule has 0 spiro atoms. The highest BCUT2D eigenvalue weighted by Crippen LogP contribution is 2.03. The molecule has 1 unspecified atom stereocenters. The molecular weight excluding hydrogens is 186 g/mol. The van der Waals surface area contributed by atoms with Gasteiger partial charge in [0.05, 0.1) is 6.10 Å². The zero-order chi connectivity index (χ0) is 11.4. The van der Waals surface area contributed by atoms with Crippen LogP contribution in [0.15, 0.2) is 0 Å². The van der Waals surface area contributed by atoms with Gasteiger partial charge in [-0.1, -0.05) is 40.0 Å². The van der Waals surface area contributed by atoms with Crippen LogP contribution in [-0.2, 0) is 4.74 Å². The van der Waals surface area contributed by atoms with Crippen molar-refractivity contribution >= 4 is 0 Å². The minimum atomic E-state index is 0.429. The van der Waals surface area contributed by atoms with Crippen LogP contribution in [0, 0.1) is 0 Å². The number of ether oxygens (including phenoxy) is 1. The summed E-state index contributed by atoms with van der Waals surface area (Å²) in [6.07, 6.45) is 7.81. The molecule has 0 aliphatic heterocycles. The SMILES string of the molecule is CCCCCOC(CCC)CNCCC. The van der Waals surface area contributed by atoms with Crippen molar-refractivity contribution in [3.8, 4) is 0 Å². The lowest BCUT2D eigenvalue weighted by Gasteiger charge is -2.17. The van der Waals surface area contributed by atoms with Crippen LogP contribution in [0.1, 0.15) is 59.3 Å². The van der Waals surface area contributed by atoms with Crippen molar-refractivity contribution in [2.24, 2.45) is 0 Å². The third kappa shape index (κ3) is 10.2. The molecule has 0 rings (SSSR count). The first-order chi connectivity index (χ1) is 7.35. The summed E-state index contributed by atoms with van der Waals surface area (Å²) in [6.45, 7) is 9.72. The summed E-state index contributed by atoms with van der Waals surface area (Å²) in [7, 11) is 0. The number of hydrogen-bond acceptors (Lipinski definition) is 2. The first-order valence-corrected chi connectivity index (χ1v) is 6.67. The van der Waals surface area contributed by atoms with E-state index in [4.69, 9.17) is 4.74 Å². The molecule has 0 saturated carbocycles. The van der Waals surface area contributed by atoms with Gasteiger partial charge in [-0.25, -0.2) is 0 Å². The van der Waals surface area contributed by atoms with Crippen LogP contribution >= 0.6 is 0 Å². The fourth-order valence-corrected chi connectivity index (χ4v) is 1.61. The van der Waals surface area contributed by atoms with Crippen LogP contribution in [0.25, 0.3) is 0 Å². The van der Waals surface area contributed by atoms with Crippen molar-refractivity contribution in [1.29, 1.82) is 0 Å². The Bertz CT molecular complexity index is 117. The molecule has 2 heteroatoms. The summed E-state index contributed by atoms with van der Waals surface area (Å²) >= 11 is 0. The molecule has 15 heavy (non-hydrogen) atoms. The maximum absolute atomic E-state index is 5.87. The second-order valence-corrected chi connectivity index (χ2v) is 4.19. The molecule has 1 atom stereocenters. The molecule has 0 aromatic rings. The normalized spacial score (nSPS) is 13.0. The number of hydrogen-bond donors (Lipinski definition) is 1. The maximum atomic E-state index is 5.87. The predicted octanol–water partition coefficient (Wildman–Crippen LogP) is 3.36. The van der Waals surface area contributed by atoms with Gasteiger partial charge in [0.15, 0.2) is 0 Å². The summed E-state index contributed by atoms with van der Waals surface area (Å²) < 4.78 is 5.87. The summed E-state index contributed by atoms with van der Waals surface area (Å²) in [5.74, 6) is 0. The molecule has 0 aromatic heterocycles. The molecule has 0 aromatic carbocycles. The molecule has 1 N–H and O–H groups in total. The first kappa shape index (κ1) is 14.9. The topological polar surface area (TPSA) is 21.3 Å². The van der Waals surface area contributed by atoms with Crippen LogP contribution in [0.3, 0.4) is 0 Å². The van der Waals surface area contributed by atoms with Crippen molar-refractivity contribution in [2.75, 3.05) is 19.7 Å². The van der Waals surface area contributed by atoms with E-state index in [1.807, 2.05) is 0 Å². The molecular formula is C13H29NO. The third-order valence-corrected chi connectivity index (χ3v) is 2.51. The quantitative estimate of drug-likeness (QED) is 0.534. The van der Waals surface area contributed by atoms with Gasteiger partial charge < -0.3 is 10.1 Å². The predicted molar refractivity (Wildman–Crippen MR) is 67.3 cm³/mol. The van der Waals surface area contributed by atoms with Crippen molar-refractivity contribution < 1.29 is 4.74 Å². The number of unbranched alkanes of at least 4 members (excludes halogenated alkanes) is 2. The van der Waals surface area contributed by atoms with Crippen LogP contribution in [-0.4, -0.2) is 25.8 Å². The monoisotopic (exact) mass is 215 g/mol. The molecule has 0 saturated heterocycles. The lowest BCUT2D eigenvalue weighted by molar-refractivity contribution is 0.0448. The zero-order valence-corrected chi connectivity index (χ0v) is 10.8. The lowest BCUT2D eigenvalue weighted by atomic mass is 10.2. The number of rotatable bonds is 11. The molecule has 92 valence electrons. The molecule has 0 heterocycles. The van der Waals surface area contributed by atoms with Gasteiger partial charge in [0.2, 0.25) is 0 Å². The van der Waals surface area contributed by atoms with Gasteiger partial charge in [-0.05, 0) is 25.8 Å². The largest absolute Gasteiger partial charge is 0.377 e. The Balaban J connectivity index is 3.44. The van der Waals surface area contributed by atoms with Crippen molar-refractivity contribution in [2.45, 2.75) is 65.4 Å². The summed E-state index contributed by atoms with van der Waals surface area (Å²) in [5.41, 5.74) is 0. The highest BCUT2D eigenvalue weighted by Gasteiger charge is 2.06. The molecule has 0 fully saturated rings. The van der Waals surface area contributed by atoms with Gasteiger partial charge in [-0.3, -0.25) is 0 Å². The summed E-state index contributed by atoms with van der Waals surface area (Å²) in [5, 5.41) is 3.44. The van der Waals surface area contributed by atoms with Gasteiger partial charge in [-0.15, -0.1) is 0 Å². The maximum Gasteiger partial charge on any atom is 0.0699 e. The van der Waals surface area contributed by atoms with Gasteiger partial charge in [0, 0.05) is 13.2 Å². The summed E-state index contributed by atoms with van der Waals surface area (Å²) in [4.78, 5) is 0. The number of nitrogens with one attached hydrogen (secondary N) is 1. The highest BCUT2D eigenvalue weighted by molar-refractivity contribution is 4.61. The average Bonchev–Trinajstić information content (AvgIpc) is 2.24. The van der Waals surface area contributed by atoms with E-state index in [-0.39, 0.29) is 0 Å². The van der Waals surface area contributed by atoms with Crippen molar-refractivity contribution in [1.82, 2.24) is 5.32 Å². The minimum absolute atomic E-state index is 0.429. The van der Waals surface area contributed by atoms with Crippen LogP contribution in [0.4, 0.5) is 0 Å². The van der Waals surface area contributed by atoms with Crippen LogP contribution in [0.5, 0.6) is 0 Å². The van der Waals surface area contributed by atoms with Gasteiger partial charge in [0.25, 0.3) is 0 Å². The molecule has 0 radical (unpaired) electrons. The molecule has 0 amide bonds. The van der Waals surface area contributed by atoms with E-state index >= 15 is 0 Å². The van der Waals surface area contributed by atoms with E-state index in [1.165, 1.54) is 38.5 Å². The summed E-state index contributed by atoms with van der Waals surface area (Å²) in [6, 6.07) is 0. The van der Waals surface area contributed by atoms with E-state index in [9.17, 15) is 0 Å². The van der Waals surface area contributed by atoms with E-state index in [0.29, 0.717) is 6.10 Å². The van der Waals surface area contributed by atoms with E-state index in [1.54, 1.807) is 0 Å². The fourth-order valence-electron chi connectivity index (χ4n) is 1.61. The highest BCUT2D eigenvalue weighted by atomic mass is 16.5. The van der Waals surface area contributed by atoms with Gasteiger partial charge >= 0.3 is 0 Å². The van der Waals surface area contributed by atoms with E-state index in [2.05, 4.69) is 26.1 Å². The Morgan fingerprint density at radius 2 is 1.80 bits per heavy atom. The van der Waals surface area contributed by atoms with Gasteiger partial charge in [-0.2, -0.15) is 0 Å². The Labute approximate surface area is 95.8 Å². The van der Waals surface area contributed by atoms with Gasteiger partial charge in [0.1, 0.15) is 0 Å². The first-order valence-electron chi connectivity index (χ1n) is 6.67. The van der Waals surface area contributed by atoms with E-state index in [0.717, 1.165) is 19.7 Å². The Morgan fingerprint density at radius 1 is 1.00 bits per heavy atom. The molecule has 0 aliphatic carbocycles. The third-order valence-electron chi connectivity index (χ3n) is 2.51. The second kappa shape index (κ2) is 12.0. The fraction of sp³-hybridized carbons (Fsp3) is 1.00. The Hall–Kier alpha value is -0.0800. The molecule has 0 aliphatic rings. The standard InChI is InChI=1S/C13H29NO/c1-4-7-8-11-15-13(9-5-2)12-14-10-6-3/h13-14H,4-12H2,1-3H3.